The molecule has 0 saturated carbocycles. The monoisotopic (exact) mass is 292 g/mol. The standard InChI is InChI=1S/C15H12N6O/c22-21-13-8-4-7-12(14(13)18-19-21)15(20-10-16-9-17-20)11-5-2-1-3-6-11/h1-10,15,22H. The molecule has 7 heteroatoms. The summed E-state index contributed by atoms with van der Waals surface area (Å²) in [5, 5.41) is 21.8. The second-order valence-corrected chi connectivity index (χ2v) is 4.88. The van der Waals surface area contributed by atoms with Gasteiger partial charge in [-0.1, -0.05) is 47.3 Å². The smallest absolute Gasteiger partial charge is 0.137 e. The Bertz CT molecular complexity index is 900. The van der Waals surface area contributed by atoms with Crippen LogP contribution in [0.1, 0.15) is 17.2 Å². The molecule has 2 aromatic heterocycles. The minimum atomic E-state index is -0.191. The zero-order valence-electron chi connectivity index (χ0n) is 11.5. The van der Waals surface area contributed by atoms with Crippen molar-refractivity contribution in [1.82, 2.24) is 29.9 Å². The number of rotatable bonds is 3. The van der Waals surface area contributed by atoms with Crippen LogP contribution in [0, 0.1) is 0 Å². The third kappa shape index (κ3) is 1.91. The summed E-state index contributed by atoms with van der Waals surface area (Å²) in [6, 6.07) is 15.4. The molecule has 108 valence electrons. The van der Waals surface area contributed by atoms with Crippen LogP contribution >= 0.6 is 0 Å². The molecule has 0 aliphatic carbocycles. The number of fused-ring (bicyclic) bond motifs is 1. The van der Waals surface area contributed by atoms with Gasteiger partial charge in [0.25, 0.3) is 0 Å². The van der Waals surface area contributed by atoms with Gasteiger partial charge in [-0.2, -0.15) is 5.10 Å². The van der Waals surface area contributed by atoms with Crippen molar-refractivity contribution in [3.8, 4) is 0 Å². The number of hydrogen-bond donors (Lipinski definition) is 1. The highest BCUT2D eigenvalue weighted by Crippen LogP contribution is 2.30. The Morgan fingerprint density at radius 3 is 2.64 bits per heavy atom. The van der Waals surface area contributed by atoms with E-state index < -0.39 is 0 Å². The molecule has 1 N–H and O–H groups in total. The third-order valence-electron chi connectivity index (χ3n) is 3.60. The van der Waals surface area contributed by atoms with E-state index in [9.17, 15) is 5.21 Å². The summed E-state index contributed by atoms with van der Waals surface area (Å²) in [7, 11) is 0. The summed E-state index contributed by atoms with van der Waals surface area (Å²) in [6.07, 6.45) is 3.17. The number of aromatic nitrogens is 6. The molecule has 7 nitrogen and oxygen atoms in total. The van der Waals surface area contributed by atoms with Gasteiger partial charge in [0.2, 0.25) is 0 Å². The first kappa shape index (κ1) is 12.5. The Hall–Kier alpha value is -3.22. The molecular formula is C15H12N6O. The lowest BCUT2D eigenvalue weighted by atomic mass is 9.98. The molecule has 0 fully saturated rings. The van der Waals surface area contributed by atoms with Crippen molar-refractivity contribution < 1.29 is 5.21 Å². The first-order chi connectivity index (χ1) is 10.8. The second kappa shape index (κ2) is 4.96. The average molecular weight is 292 g/mol. The molecule has 0 aliphatic rings. The molecule has 1 atom stereocenters. The molecule has 0 spiro atoms. The molecule has 1 unspecified atom stereocenters. The topological polar surface area (TPSA) is 81.6 Å². The fourth-order valence-corrected chi connectivity index (χ4v) is 2.64. The molecule has 0 radical (unpaired) electrons. The van der Waals surface area contributed by atoms with Gasteiger partial charge in [-0.15, -0.1) is 5.10 Å². The van der Waals surface area contributed by atoms with Gasteiger partial charge in [0.1, 0.15) is 29.7 Å². The van der Waals surface area contributed by atoms with Crippen LogP contribution in [-0.2, 0) is 0 Å². The minimum absolute atomic E-state index is 0.191. The van der Waals surface area contributed by atoms with E-state index in [-0.39, 0.29) is 6.04 Å². The van der Waals surface area contributed by atoms with Crippen LogP contribution in [0.4, 0.5) is 0 Å². The van der Waals surface area contributed by atoms with Gasteiger partial charge >= 0.3 is 0 Å². The SMILES string of the molecule is On1nnc2c(C(c3ccccc3)n3cncn3)cccc21. The normalized spacial score (nSPS) is 12.5. The highest BCUT2D eigenvalue weighted by molar-refractivity contribution is 5.78. The zero-order valence-corrected chi connectivity index (χ0v) is 11.5. The van der Waals surface area contributed by atoms with Crippen molar-refractivity contribution in [3.63, 3.8) is 0 Å². The van der Waals surface area contributed by atoms with Crippen molar-refractivity contribution in [1.29, 1.82) is 0 Å². The lowest BCUT2D eigenvalue weighted by Gasteiger charge is -2.18. The molecule has 2 heterocycles. The summed E-state index contributed by atoms with van der Waals surface area (Å²) in [4.78, 5) is 4.82. The van der Waals surface area contributed by atoms with Crippen molar-refractivity contribution in [3.05, 3.63) is 72.3 Å². The quantitative estimate of drug-likeness (QED) is 0.583. The highest BCUT2D eigenvalue weighted by atomic mass is 16.5. The van der Waals surface area contributed by atoms with E-state index in [0.717, 1.165) is 16.0 Å². The fraction of sp³-hybridized carbons (Fsp3) is 0.0667. The molecule has 4 rings (SSSR count). The first-order valence-electron chi connectivity index (χ1n) is 6.77. The summed E-state index contributed by atoms with van der Waals surface area (Å²) in [5.74, 6) is 0. The fourth-order valence-electron chi connectivity index (χ4n) is 2.64. The van der Waals surface area contributed by atoms with Gasteiger partial charge in [-0.25, -0.2) is 9.67 Å². The largest absolute Gasteiger partial charge is 0.410 e. The predicted molar refractivity (Wildman–Crippen MR) is 78.4 cm³/mol. The lowest BCUT2D eigenvalue weighted by Crippen LogP contribution is -2.13. The van der Waals surface area contributed by atoms with Gasteiger partial charge in [0.15, 0.2) is 0 Å². The maximum absolute atomic E-state index is 9.73. The predicted octanol–water partition coefficient (Wildman–Crippen LogP) is 1.90. The highest BCUT2D eigenvalue weighted by Gasteiger charge is 2.21. The van der Waals surface area contributed by atoms with Crippen LogP contribution in [0.15, 0.2) is 61.2 Å². The van der Waals surface area contributed by atoms with Crippen LogP contribution in [0.25, 0.3) is 11.0 Å². The summed E-state index contributed by atoms with van der Waals surface area (Å²) in [6.45, 7) is 0. The molecule has 4 aromatic rings. The van der Waals surface area contributed by atoms with Crippen molar-refractivity contribution in [2.45, 2.75) is 6.04 Å². The van der Waals surface area contributed by atoms with E-state index >= 15 is 0 Å². The second-order valence-electron chi connectivity index (χ2n) is 4.88. The number of benzene rings is 2. The van der Waals surface area contributed by atoms with E-state index in [0.29, 0.717) is 11.0 Å². The van der Waals surface area contributed by atoms with Crippen molar-refractivity contribution >= 4 is 11.0 Å². The molecular weight excluding hydrogens is 280 g/mol. The average Bonchev–Trinajstić information content (AvgIpc) is 3.20. The minimum Gasteiger partial charge on any atom is -0.410 e. The summed E-state index contributed by atoms with van der Waals surface area (Å²) in [5.41, 5.74) is 3.13. The first-order valence-corrected chi connectivity index (χ1v) is 6.77. The molecule has 22 heavy (non-hydrogen) atoms. The van der Waals surface area contributed by atoms with Gasteiger partial charge in [0.05, 0.1) is 0 Å². The Morgan fingerprint density at radius 1 is 1.00 bits per heavy atom. The van der Waals surface area contributed by atoms with E-state index in [1.165, 1.54) is 6.33 Å². The Balaban J connectivity index is 1.98. The van der Waals surface area contributed by atoms with E-state index in [1.807, 2.05) is 42.5 Å². The Labute approximate surface area is 125 Å². The van der Waals surface area contributed by atoms with Crippen LogP contribution in [0.3, 0.4) is 0 Å². The maximum atomic E-state index is 9.73. The summed E-state index contributed by atoms with van der Waals surface area (Å²) >= 11 is 0. The molecule has 0 bridgehead atoms. The molecule has 0 saturated heterocycles. The van der Waals surface area contributed by atoms with Gasteiger partial charge in [-0.3, -0.25) is 0 Å². The summed E-state index contributed by atoms with van der Waals surface area (Å²) < 4.78 is 1.76. The zero-order chi connectivity index (χ0) is 14.9. The Kier molecular flexibility index (Phi) is 2.82. The van der Waals surface area contributed by atoms with Crippen LogP contribution in [0.2, 0.25) is 0 Å². The van der Waals surface area contributed by atoms with Gasteiger partial charge in [-0.05, 0) is 16.8 Å². The van der Waals surface area contributed by atoms with Crippen molar-refractivity contribution in [2.75, 3.05) is 0 Å². The van der Waals surface area contributed by atoms with Crippen molar-refractivity contribution in [2.24, 2.45) is 0 Å². The van der Waals surface area contributed by atoms with Crippen LogP contribution in [0.5, 0.6) is 0 Å². The van der Waals surface area contributed by atoms with E-state index in [1.54, 1.807) is 17.1 Å². The number of nitrogens with zero attached hydrogens (tertiary/aromatic N) is 6. The maximum Gasteiger partial charge on any atom is 0.137 e. The van der Waals surface area contributed by atoms with Crippen LogP contribution < -0.4 is 0 Å². The van der Waals surface area contributed by atoms with Gasteiger partial charge < -0.3 is 5.21 Å². The Morgan fingerprint density at radius 2 is 1.86 bits per heavy atom. The third-order valence-corrected chi connectivity index (χ3v) is 3.60. The molecule has 0 amide bonds. The molecule has 0 aliphatic heterocycles. The molecule has 2 aromatic carbocycles. The van der Waals surface area contributed by atoms with Crippen LogP contribution in [-0.4, -0.2) is 35.1 Å². The van der Waals surface area contributed by atoms with Gasteiger partial charge in [0, 0.05) is 5.56 Å². The lowest BCUT2D eigenvalue weighted by molar-refractivity contribution is 0.155. The number of hydrogen-bond acceptors (Lipinski definition) is 5. The van der Waals surface area contributed by atoms with E-state index in [4.69, 9.17) is 0 Å². The van der Waals surface area contributed by atoms with E-state index in [2.05, 4.69) is 20.4 Å².